The van der Waals surface area contributed by atoms with Crippen molar-refractivity contribution < 1.29 is 30.7 Å². The van der Waals surface area contributed by atoms with Crippen LogP contribution >= 0.6 is 0 Å². The van der Waals surface area contributed by atoms with Gasteiger partial charge in [-0.15, -0.1) is 0 Å². The summed E-state index contributed by atoms with van der Waals surface area (Å²) in [7, 11) is -6.09. The number of nitrogens with zero attached hydrogens (tertiary/aromatic N) is 2. The predicted octanol–water partition coefficient (Wildman–Crippen LogP) is 2.26. The highest BCUT2D eigenvalue weighted by Gasteiger charge is 2.36. The third kappa shape index (κ3) is 4.68. The molecular weight excluding hydrogens is 321 g/mol. The van der Waals surface area contributed by atoms with Gasteiger partial charge < -0.3 is 4.55 Å². The zero-order valence-corrected chi connectivity index (χ0v) is 12.1. The summed E-state index contributed by atoms with van der Waals surface area (Å²) in [5.41, 5.74) is -5.65. The number of benzene rings is 1. The first kappa shape index (κ1) is 17.9. The summed E-state index contributed by atoms with van der Waals surface area (Å²) in [4.78, 5) is 0. The van der Waals surface area contributed by atoms with Crippen molar-refractivity contribution in [2.24, 2.45) is 0 Å². The Morgan fingerprint density at radius 2 is 1.73 bits per heavy atom. The molecule has 0 N–H and O–H groups in total. The lowest BCUT2D eigenvalue weighted by atomic mass is 10.2. The van der Waals surface area contributed by atoms with Crippen LogP contribution in [0.4, 0.5) is 13.2 Å². The molecule has 0 radical (unpaired) electrons. The molecule has 0 spiro atoms. The summed E-state index contributed by atoms with van der Waals surface area (Å²) < 4.78 is 60.8. The van der Waals surface area contributed by atoms with E-state index < -0.39 is 15.6 Å². The topological polar surface area (TPSA) is 84.9 Å². The van der Waals surface area contributed by atoms with E-state index in [1.54, 1.807) is 0 Å². The minimum absolute atomic E-state index is 0.111. The third-order valence-electron chi connectivity index (χ3n) is 2.63. The zero-order chi connectivity index (χ0) is 17.0. The number of alkyl halides is 3. The van der Waals surface area contributed by atoms with Gasteiger partial charge in [0.1, 0.15) is 6.07 Å². The number of halogens is 3. The molecule has 0 saturated carbocycles. The maximum Gasteiger partial charge on any atom is 0.485 e. The number of pyridine rings is 1. The lowest BCUT2D eigenvalue weighted by Crippen LogP contribution is -2.35. The van der Waals surface area contributed by atoms with Crippen molar-refractivity contribution >= 4 is 20.9 Å². The van der Waals surface area contributed by atoms with Crippen molar-refractivity contribution in [2.45, 2.75) is 18.5 Å². The van der Waals surface area contributed by atoms with Gasteiger partial charge in [0, 0.05) is 18.4 Å². The molecule has 2 rings (SSSR count). The van der Waals surface area contributed by atoms with E-state index in [1.165, 1.54) is 5.39 Å². The minimum atomic E-state index is -6.09. The van der Waals surface area contributed by atoms with Crippen LogP contribution in [0, 0.1) is 11.3 Å². The van der Waals surface area contributed by atoms with Gasteiger partial charge in [-0.3, -0.25) is 0 Å². The Morgan fingerprint density at radius 3 is 2.18 bits per heavy atom. The maximum absolute atomic E-state index is 10.7. The van der Waals surface area contributed by atoms with E-state index in [4.69, 9.17) is 18.2 Å². The third-order valence-corrected chi connectivity index (χ3v) is 3.19. The maximum atomic E-state index is 10.7. The molecule has 0 fully saturated rings. The molecule has 2 aromatic rings. The van der Waals surface area contributed by atoms with Crippen LogP contribution < -0.4 is 4.57 Å². The standard InChI is InChI=1S/C12H11N2.CHF3O3S/c1-10(8-13)14-7-6-11-4-2-3-5-12(11)9-14;2-1(3,4)8(5,6)7/h2-7,9-10H,1H3;(H,5,6,7)/q+1;/p-1. The average molecular weight is 332 g/mol. The Balaban J connectivity index is 0.000000261. The first-order valence-electron chi connectivity index (χ1n) is 5.87. The summed E-state index contributed by atoms with van der Waals surface area (Å²) in [6.45, 7) is 1.88. The van der Waals surface area contributed by atoms with Gasteiger partial charge in [0.05, 0.1) is 0 Å². The molecular formula is C13H11F3N2O3S. The van der Waals surface area contributed by atoms with Gasteiger partial charge in [-0.1, -0.05) is 18.2 Å². The van der Waals surface area contributed by atoms with Crippen LogP contribution in [0.15, 0.2) is 42.7 Å². The van der Waals surface area contributed by atoms with Gasteiger partial charge in [-0.2, -0.15) is 23.0 Å². The van der Waals surface area contributed by atoms with E-state index in [0.29, 0.717) is 0 Å². The molecule has 118 valence electrons. The Hall–Kier alpha value is -2.18. The number of aromatic nitrogens is 1. The Bertz CT molecular complexity index is 798. The SMILES string of the molecule is CC(C#N)[n+]1ccc2ccccc2c1.O=S(=O)([O-])C(F)(F)F. The quantitative estimate of drug-likeness (QED) is 0.455. The van der Waals surface area contributed by atoms with Crippen LogP contribution in [0.5, 0.6) is 0 Å². The van der Waals surface area contributed by atoms with Crippen molar-refractivity contribution in [3.8, 4) is 6.07 Å². The summed E-state index contributed by atoms with van der Waals surface area (Å²) in [6.07, 6.45) is 3.94. The number of hydrogen-bond acceptors (Lipinski definition) is 4. The summed E-state index contributed by atoms with van der Waals surface area (Å²) in [5.74, 6) is 0. The molecule has 5 nitrogen and oxygen atoms in total. The largest absolute Gasteiger partial charge is 0.741 e. The van der Waals surface area contributed by atoms with E-state index in [9.17, 15) is 13.2 Å². The zero-order valence-electron chi connectivity index (χ0n) is 11.3. The second kappa shape index (κ2) is 6.72. The lowest BCUT2D eigenvalue weighted by Gasteiger charge is -2.08. The molecule has 0 bridgehead atoms. The van der Waals surface area contributed by atoms with Gasteiger partial charge >= 0.3 is 5.51 Å². The molecule has 0 amide bonds. The summed E-state index contributed by atoms with van der Waals surface area (Å²) >= 11 is 0. The van der Waals surface area contributed by atoms with Gasteiger partial charge in [0.25, 0.3) is 0 Å². The van der Waals surface area contributed by atoms with Crippen molar-refractivity contribution in [2.75, 3.05) is 0 Å². The first-order chi connectivity index (χ1) is 10.1. The molecule has 9 heteroatoms. The van der Waals surface area contributed by atoms with Crippen LogP contribution in [-0.2, 0) is 10.1 Å². The highest BCUT2D eigenvalue weighted by Crippen LogP contribution is 2.20. The lowest BCUT2D eigenvalue weighted by molar-refractivity contribution is -0.705. The van der Waals surface area contributed by atoms with Gasteiger partial charge in [0.2, 0.25) is 6.04 Å². The average Bonchev–Trinajstić information content (AvgIpc) is 2.44. The molecule has 1 heterocycles. The van der Waals surface area contributed by atoms with Gasteiger partial charge in [-0.05, 0) is 11.5 Å². The van der Waals surface area contributed by atoms with Crippen molar-refractivity contribution in [1.29, 1.82) is 5.26 Å². The van der Waals surface area contributed by atoms with Crippen LogP contribution in [0.3, 0.4) is 0 Å². The Kier molecular flexibility index (Phi) is 5.46. The molecule has 0 saturated heterocycles. The van der Waals surface area contributed by atoms with Crippen molar-refractivity contribution in [1.82, 2.24) is 0 Å². The highest BCUT2D eigenvalue weighted by molar-refractivity contribution is 7.86. The van der Waals surface area contributed by atoms with E-state index in [1.807, 2.05) is 42.1 Å². The molecule has 1 aromatic carbocycles. The first-order valence-corrected chi connectivity index (χ1v) is 7.28. The number of hydrogen-bond donors (Lipinski definition) is 0. The molecule has 22 heavy (non-hydrogen) atoms. The Labute approximate surface area is 125 Å². The second-order valence-corrected chi connectivity index (χ2v) is 5.60. The second-order valence-electron chi connectivity index (χ2n) is 4.23. The van der Waals surface area contributed by atoms with Crippen molar-refractivity contribution in [3.05, 3.63) is 42.7 Å². The molecule has 0 aliphatic carbocycles. The van der Waals surface area contributed by atoms with Crippen LogP contribution in [0.25, 0.3) is 10.8 Å². The van der Waals surface area contributed by atoms with Crippen LogP contribution in [-0.4, -0.2) is 18.5 Å². The molecule has 0 aliphatic rings. The van der Waals surface area contributed by atoms with Crippen LogP contribution in [0.2, 0.25) is 0 Å². The molecule has 1 unspecified atom stereocenters. The van der Waals surface area contributed by atoms with E-state index in [-0.39, 0.29) is 6.04 Å². The number of rotatable bonds is 1. The normalized spacial score (nSPS) is 12.9. The molecule has 1 atom stereocenters. The van der Waals surface area contributed by atoms with Crippen LogP contribution in [0.1, 0.15) is 13.0 Å². The fraction of sp³-hybridized carbons (Fsp3) is 0.231. The summed E-state index contributed by atoms with van der Waals surface area (Å²) in [5, 5.41) is 11.2. The van der Waals surface area contributed by atoms with E-state index >= 15 is 0 Å². The summed E-state index contributed by atoms with van der Waals surface area (Å²) in [6, 6.07) is 12.3. The number of fused-ring (bicyclic) bond motifs is 1. The smallest absolute Gasteiger partial charge is 0.485 e. The predicted molar refractivity (Wildman–Crippen MR) is 70.2 cm³/mol. The van der Waals surface area contributed by atoms with Gasteiger partial charge in [-0.25, -0.2) is 8.42 Å². The number of nitriles is 1. The highest BCUT2D eigenvalue weighted by atomic mass is 32.2. The fourth-order valence-corrected chi connectivity index (χ4v) is 1.46. The van der Waals surface area contributed by atoms with Gasteiger partial charge in [0.15, 0.2) is 22.5 Å². The minimum Gasteiger partial charge on any atom is -0.741 e. The Morgan fingerprint density at radius 1 is 1.23 bits per heavy atom. The fourth-order valence-electron chi connectivity index (χ4n) is 1.46. The molecule has 1 aromatic heterocycles. The monoisotopic (exact) mass is 332 g/mol. The van der Waals surface area contributed by atoms with E-state index in [2.05, 4.69) is 18.2 Å². The molecule has 0 aliphatic heterocycles. The van der Waals surface area contributed by atoms with Crippen molar-refractivity contribution in [3.63, 3.8) is 0 Å². The van der Waals surface area contributed by atoms with E-state index in [0.717, 1.165) is 5.39 Å².